The molecular weight excluding hydrogens is 410 g/mol. The Kier molecular flexibility index (Phi) is 6.92. The van der Waals surface area contributed by atoms with Crippen molar-refractivity contribution in [2.24, 2.45) is 13.0 Å². The van der Waals surface area contributed by atoms with Crippen LogP contribution in [0.1, 0.15) is 31.9 Å². The molecule has 1 unspecified atom stereocenters. The third kappa shape index (κ3) is 4.49. The summed E-state index contributed by atoms with van der Waals surface area (Å²) in [5.41, 5.74) is -0.0267. The van der Waals surface area contributed by atoms with Crippen molar-refractivity contribution in [2.45, 2.75) is 38.8 Å². The fourth-order valence-corrected chi connectivity index (χ4v) is 3.77. The zero-order chi connectivity index (χ0) is 23.4. The summed E-state index contributed by atoms with van der Waals surface area (Å²) in [5.74, 6) is -2.18. The third-order valence-electron chi connectivity index (χ3n) is 5.87. The van der Waals surface area contributed by atoms with E-state index >= 15 is 0 Å². The maximum atomic E-state index is 13.4. The monoisotopic (exact) mass is 437 g/mol. The average molecular weight is 437 g/mol. The number of carboxylic acid groups (broad SMARTS) is 1. The smallest absolute Gasteiger partial charge is 0.331 e. The Morgan fingerprint density at radius 3 is 2.28 bits per heavy atom. The van der Waals surface area contributed by atoms with Gasteiger partial charge in [0.15, 0.2) is 0 Å². The molecule has 2 aromatic carbocycles. The molecule has 0 aliphatic heterocycles. The molecule has 3 atom stereocenters. The van der Waals surface area contributed by atoms with Crippen LogP contribution in [0.5, 0.6) is 0 Å². The molecule has 1 aromatic heterocycles. The first-order valence-electron chi connectivity index (χ1n) is 10.5. The van der Waals surface area contributed by atoms with E-state index in [1.165, 1.54) is 11.6 Å². The summed E-state index contributed by atoms with van der Waals surface area (Å²) in [6.45, 7) is 3.56. The molecule has 8 heteroatoms. The number of rotatable bonds is 8. The fourth-order valence-electron chi connectivity index (χ4n) is 3.77. The van der Waals surface area contributed by atoms with E-state index in [2.05, 4.69) is 5.32 Å². The number of benzene rings is 2. The van der Waals surface area contributed by atoms with E-state index in [1.807, 2.05) is 13.0 Å². The van der Waals surface area contributed by atoms with Gasteiger partial charge < -0.3 is 10.4 Å². The highest BCUT2D eigenvalue weighted by molar-refractivity contribution is 5.87. The molecule has 3 rings (SSSR count). The van der Waals surface area contributed by atoms with Gasteiger partial charge in [-0.2, -0.15) is 0 Å². The Balaban J connectivity index is 2.16. The van der Waals surface area contributed by atoms with Crippen molar-refractivity contribution in [1.29, 1.82) is 0 Å². The van der Waals surface area contributed by atoms with Crippen LogP contribution in [-0.2, 0) is 23.1 Å². The van der Waals surface area contributed by atoms with Crippen LogP contribution in [0.2, 0.25) is 0 Å². The van der Waals surface area contributed by atoms with Gasteiger partial charge in [-0.05, 0) is 23.6 Å². The van der Waals surface area contributed by atoms with Crippen LogP contribution >= 0.6 is 0 Å². The summed E-state index contributed by atoms with van der Waals surface area (Å²) in [4.78, 5) is 51.6. The Labute approximate surface area is 185 Å². The van der Waals surface area contributed by atoms with Crippen LogP contribution < -0.4 is 16.6 Å². The number of aryl methyl sites for hydroxylation is 1. The summed E-state index contributed by atoms with van der Waals surface area (Å²) in [5, 5.41) is 12.5. The molecule has 0 radical (unpaired) electrons. The Bertz CT molecular complexity index is 1250. The lowest BCUT2D eigenvalue weighted by molar-refractivity contribution is -0.143. The zero-order valence-corrected chi connectivity index (χ0v) is 18.3. The molecule has 3 aromatic rings. The van der Waals surface area contributed by atoms with E-state index in [9.17, 15) is 24.3 Å². The molecule has 0 aliphatic carbocycles. The first-order chi connectivity index (χ1) is 15.3. The summed E-state index contributed by atoms with van der Waals surface area (Å²) in [6.07, 6.45) is 0.602. The summed E-state index contributed by atoms with van der Waals surface area (Å²) in [6, 6.07) is 13.3. The first kappa shape index (κ1) is 23.0. The highest BCUT2D eigenvalue weighted by atomic mass is 16.4. The van der Waals surface area contributed by atoms with Gasteiger partial charge in [0.25, 0.3) is 5.56 Å². The second-order valence-electron chi connectivity index (χ2n) is 7.95. The van der Waals surface area contributed by atoms with Gasteiger partial charge in [-0.3, -0.25) is 14.2 Å². The van der Waals surface area contributed by atoms with Crippen molar-refractivity contribution in [1.82, 2.24) is 14.5 Å². The Hall–Kier alpha value is -3.68. The molecule has 0 bridgehead atoms. The molecular formula is C24H27N3O5. The van der Waals surface area contributed by atoms with Crippen LogP contribution in [0.3, 0.4) is 0 Å². The van der Waals surface area contributed by atoms with Gasteiger partial charge in [0.1, 0.15) is 12.1 Å². The van der Waals surface area contributed by atoms with Gasteiger partial charge >= 0.3 is 11.7 Å². The topological polar surface area (TPSA) is 110 Å². The van der Waals surface area contributed by atoms with Crippen LogP contribution in [0, 0.1) is 5.92 Å². The van der Waals surface area contributed by atoms with Crippen molar-refractivity contribution in [3.05, 3.63) is 81.0 Å². The van der Waals surface area contributed by atoms with Crippen molar-refractivity contribution < 1.29 is 14.7 Å². The third-order valence-corrected chi connectivity index (χ3v) is 5.87. The van der Waals surface area contributed by atoms with Gasteiger partial charge in [-0.1, -0.05) is 62.7 Å². The summed E-state index contributed by atoms with van der Waals surface area (Å²) >= 11 is 0. The van der Waals surface area contributed by atoms with Crippen molar-refractivity contribution >= 4 is 22.8 Å². The maximum absolute atomic E-state index is 13.4. The number of amides is 1. The molecule has 0 saturated heterocycles. The number of fused-ring (bicyclic) bond motifs is 1. The Morgan fingerprint density at radius 2 is 1.66 bits per heavy atom. The summed E-state index contributed by atoms with van der Waals surface area (Å²) < 4.78 is 2.26. The van der Waals surface area contributed by atoms with E-state index in [-0.39, 0.29) is 12.3 Å². The predicted molar refractivity (Wildman–Crippen MR) is 122 cm³/mol. The molecule has 1 heterocycles. The highest BCUT2D eigenvalue weighted by Crippen LogP contribution is 2.16. The van der Waals surface area contributed by atoms with Crippen LogP contribution in [-0.4, -0.2) is 32.2 Å². The Morgan fingerprint density at radius 1 is 1.03 bits per heavy atom. The van der Waals surface area contributed by atoms with Crippen LogP contribution in [0.15, 0.2) is 64.2 Å². The molecule has 2 N–H and O–H groups in total. The van der Waals surface area contributed by atoms with Crippen LogP contribution in [0.25, 0.3) is 10.9 Å². The number of hydrogen-bond donors (Lipinski definition) is 2. The van der Waals surface area contributed by atoms with Gasteiger partial charge in [-0.15, -0.1) is 0 Å². The van der Waals surface area contributed by atoms with E-state index < -0.39 is 35.2 Å². The van der Waals surface area contributed by atoms with Gasteiger partial charge in [0, 0.05) is 13.5 Å². The van der Waals surface area contributed by atoms with Gasteiger partial charge in [0.05, 0.1) is 10.9 Å². The minimum absolute atomic E-state index is 0.0625. The lowest BCUT2D eigenvalue weighted by Gasteiger charge is -2.25. The normalized spacial score (nSPS) is 14.0. The largest absolute Gasteiger partial charge is 0.480 e. The number of carbonyl (C=O) groups excluding carboxylic acids is 1. The van der Waals surface area contributed by atoms with E-state index in [0.717, 1.165) is 10.1 Å². The molecule has 168 valence electrons. The standard InChI is InChI=1S/C24H27N3O5/c1-4-15(2)20(23(30)31)25-21(28)19(14-16-10-6-5-7-11-16)27-22(29)17-12-8-9-13-18(17)26(3)24(27)32/h5-13,15,19-20H,4,14H2,1-3H3,(H,25,28)(H,30,31)/t15?,19-,20-/m0/s1. The van der Waals surface area contributed by atoms with Crippen molar-refractivity contribution in [3.63, 3.8) is 0 Å². The number of hydrogen-bond acceptors (Lipinski definition) is 4. The van der Waals surface area contributed by atoms with E-state index in [4.69, 9.17) is 0 Å². The zero-order valence-electron chi connectivity index (χ0n) is 18.3. The number of nitrogens with one attached hydrogen (secondary N) is 1. The fraction of sp³-hybridized carbons (Fsp3) is 0.333. The number of aromatic nitrogens is 2. The van der Waals surface area contributed by atoms with Gasteiger partial charge in [-0.25, -0.2) is 14.2 Å². The molecule has 0 aliphatic rings. The molecule has 1 amide bonds. The second kappa shape index (κ2) is 9.64. The molecule has 0 fully saturated rings. The highest BCUT2D eigenvalue weighted by Gasteiger charge is 2.31. The molecule has 0 spiro atoms. The molecule has 0 saturated carbocycles. The van der Waals surface area contributed by atoms with Crippen molar-refractivity contribution in [2.75, 3.05) is 0 Å². The summed E-state index contributed by atoms with van der Waals surface area (Å²) in [7, 11) is 1.54. The SMILES string of the molecule is CCC(C)[C@H](NC(=O)[C@H](Cc1ccccc1)n1c(=O)c2ccccc2n(C)c1=O)C(=O)O. The number of nitrogens with zero attached hydrogens (tertiary/aromatic N) is 2. The quantitative estimate of drug-likeness (QED) is 0.561. The lowest BCUT2D eigenvalue weighted by Crippen LogP contribution is -2.52. The minimum Gasteiger partial charge on any atom is -0.480 e. The van der Waals surface area contributed by atoms with Crippen LogP contribution in [0.4, 0.5) is 0 Å². The molecule has 32 heavy (non-hydrogen) atoms. The second-order valence-corrected chi connectivity index (χ2v) is 7.95. The van der Waals surface area contributed by atoms with E-state index in [0.29, 0.717) is 17.3 Å². The number of para-hydroxylation sites is 1. The average Bonchev–Trinajstić information content (AvgIpc) is 2.80. The maximum Gasteiger partial charge on any atom is 0.331 e. The number of carbonyl (C=O) groups is 2. The first-order valence-corrected chi connectivity index (χ1v) is 10.5. The minimum atomic E-state index is -1.21. The van der Waals surface area contributed by atoms with Crippen molar-refractivity contribution in [3.8, 4) is 0 Å². The predicted octanol–water partition coefficient (Wildman–Crippen LogP) is 2.10. The molecule has 8 nitrogen and oxygen atoms in total. The number of aliphatic carboxylic acids is 1. The lowest BCUT2D eigenvalue weighted by atomic mass is 9.98. The van der Waals surface area contributed by atoms with E-state index in [1.54, 1.807) is 55.5 Å². The number of carboxylic acids is 1. The van der Waals surface area contributed by atoms with Gasteiger partial charge in [0.2, 0.25) is 5.91 Å².